The van der Waals surface area contributed by atoms with Crippen molar-refractivity contribution in [3.8, 4) is 0 Å². The number of rotatable bonds is 4. The molecule has 1 N–H and O–H groups in total. The monoisotopic (exact) mass is 270 g/mol. The molecule has 0 saturated heterocycles. The molecule has 0 fully saturated rings. The predicted octanol–water partition coefficient (Wildman–Crippen LogP) is -0.209. The average molecular weight is 270 g/mol. The Labute approximate surface area is 97.8 Å². The number of halogens is 4. The lowest BCUT2D eigenvalue weighted by molar-refractivity contribution is -0.117. The molecule has 0 spiro atoms. The molecule has 0 unspecified atom stereocenters. The Kier molecular flexibility index (Phi) is 3.77. The molecule has 6 nitrogen and oxygen atoms in total. The molecule has 0 bridgehead atoms. The molecular weight excluding hydrogens is 260 g/mol. The highest BCUT2D eigenvalue weighted by Crippen LogP contribution is 2.22. The third-order valence-electron chi connectivity index (χ3n) is 2.13. The van der Waals surface area contributed by atoms with E-state index in [1.807, 2.05) is 5.32 Å². The molecule has 0 aliphatic rings. The minimum Gasteiger partial charge on any atom is -0.358 e. The fourth-order valence-corrected chi connectivity index (χ4v) is 1.09. The van der Waals surface area contributed by atoms with E-state index in [2.05, 4.69) is 5.10 Å². The van der Waals surface area contributed by atoms with Crippen LogP contribution in [0.15, 0.2) is 9.59 Å². The lowest BCUT2D eigenvalue weighted by atomic mass is 10.3. The summed E-state index contributed by atoms with van der Waals surface area (Å²) < 4.78 is 50.4. The summed E-state index contributed by atoms with van der Waals surface area (Å²) in [4.78, 5) is 22.6. The first-order chi connectivity index (χ1) is 8.16. The fraction of sp³-hybridized carbons (Fsp3) is 0.625. The number of hydrogen-bond acceptors (Lipinski definition) is 4. The Morgan fingerprint density at radius 2 is 1.89 bits per heavy atom. The van der Waals surface area contributed by atoms with Gasteiger partial charge in [0, 0.05) is 14.1 Å². The Bertz CT molecular complexity index is 551. The van der Waals surface area contributed by atoms with Crippen LogP contribution in [0.25, 0.3) is 0 Å². The summed E-state index contributed by atoms with van der Waals surface area (Å²) in [6, 6.07) is 0. The summed E-state index contributed by atoms with van der Waals surface area (Å²) >= 11 is 0. The van der Waals surface area contributed by atoms with Gasteiger partial charge in [-0.05, 0) is 0 Å². The number of nitrogens with zero attached hydrogens (tertiary/aromatic N) is 3. The maximum atomic E-state index is 12.6. The first-order valence-corrected chi connectivity index (χ1v) is 4.71. The van der Waals surface area contributed by atoms with Crippen molar-refractivity contribution in [1.82, 2.24) is 14.3 Å². The molecular formula is C8H10F4N4O2. The molecule has 0 saturated carbocycles. The standard InChI is InChI=1S/C8H10F4N4O2/c1-15-5(17)4(14-16(2)7(15)18)13-3-8(11,12)6(9)10/h6H,3H2,1-2H3,(H,13,14). The lowest BCUT2D eigenvalue weighted by Gasteiger charge is -2.16. The third kappa shape index (κ3) is 2.68. The van der Waals surface area contributed by atoms with Gasteiger partial charge in [0.25, 0.3) is 5.56 Å². The number of alkyl halides is 4. The van der Waals surface area contributed by atoms with Crippen LogP contribution in [-0.2, 0) is 14.1 Å². The van der Waals surface area contributed by atoms with Crippen molar-refractivity contribution in [3.63, 3.8) is 0 Å². The van der Waals surface area contributed by atoms with E-state index in [0.29, 0.717) is 4.57 Å². The largest absolute Gasteiger partial charge is 0.358 e. The molecule has 0 aliphatic carbocycles. The highest BCUT2D eigenvalue weighted by Gasteiger charge is 2.40. The summed E-state index contributed by atoms with van der Waals surface area (Å²) in [5.41, 5.74) is -1.73. The summed E-state index contributed by atoms with van der Waals surface area (Å²) in [5, 5.41) is 5.19. The van der Waals surface area contributed by atoms with Crippen molar-refractivity contribution < 1.29 is 17.6 Å². The number of nitrogens with one attached hydrogen (secondary N) is 1. The van der Waals surface area contributed by atoms with Crippen LogP contribution in [0.5, 0.6) is 0 Å². The van der Waals surface area contributed by atoms with Crippen LogP contribution in [0, 0.1) is 0 Å². The molecule has 0 radical (unpaired) electrons. The van der Waals surface area contributed by atoms with E-state index < -0.39 is 36.0 Å². The summed E-state index contributed by atoms with van der Waals surface area (Å²) in [6.45, 7) is -1.45. The average Bonchev–Trinajstić information content (AvgIpc) is 2.29. The summed E-state index contributed by atoms with van der Waals surface area (Å²) in [6.07, 6.45) is -3.86. The van der Waals surface area contributed by atoms with Gasteiger partial charge in [0.2, 0.25) is 5.82 Å². The van der Waals surface area contributed by atoms with Crippen LogP contribution in [0.2, 0.25) is 0 Å². The predicted molar refractivity (Wildman–Crippen MR) is 54.2 cm³/mol. The van der Waals surface area contributed by atoms with Gasteiger partial charge < -0.3 is 5.32 Å². The van der Waals surface area contributed by atoms with Crippen molar-refractivity contribution >= 4 is 5.82 Å². The van der Waals surface area contributed by atoms with Crippen LogP contribution in [0.4, 0.5) is 23.4 Å². The normalized spacial score (nSPS) is 11.9. The van der Waals surface area contributed by atoms with E-state index in [4.69, 9.17) is 0 Å². The van der Waals surface area contributed by atoms with Gasteiger partial charge in [-0.3, -0.25) is 9.36 Å². The van der Waals surface area contributed by atoms with Gasteiger partial charge in [0.1, 0.15) is 0 Å². The topological polar surface area (TPSA) is 68.9 Å². The van der Waals surface area contributed by atoms with Crippen LogP contribution in [-0.4, -0.2) is 33.2 Å². The number of hydrogen-bond donors (Lipinski definition) is 1. The first kappa shape index (κ1) is 14.2. The van der Waals surface area contributed by atoms with E-state index in [1.165, 1.54) is 7.05 Å². The van der Waals surface area contributed by atoms with E-state index in [1.54, 1.807) is 0 Å². The molecule has 0 amide bonds. The third-order valence-corrected chi connectivity index (χ3v) is 2.13. The zero-order chi connectivity index (χ0) is 14.1. The molecule has 0 aromatic carbocycles. The smallest absolute Gasteiger partial charge is 0.346 e. The molecule has 0 aliphatic heterocycles. The maximum absolute atomic E-state index is 12.6. The second-order valence-corrected chi connectivity index (χ2v) is 3.53. The van der Waals surface area contributed by atoms with Crippen molar-refractivity contribution in [2.75, 3.05) is 11.9 Å². The SMILES string of the molecule is Cn1nc(NCC(F)(F)C(F)F)c(=O)n(C)c1=O. The Hall–Kier alpha value is -1.87. The van der Waals surface area contributed by atoms with Gasteiger partial charge >= 0.3 is 18.0 Å². The van der Waals surface area contributed by atoms with Gasteiger partial charge in [-0.2, -0.15) is 8.78 Å². The van der Waals surface area contributed by atoms with Gasteiger partial charge in [0.15, 0.2) is 0 Å². The summed E-state index contributed by atoms with van der Waals surface area (Å²) in [5.74, 6) is -4.89. The van der Waals surface area contributed by atoms with Crippen LogP contribution in [0.3, 0.4) is 0 Å². The molecule has 102 valence electrons. The minimum absolute atomic E-state index is 0.597. The van der Waals surface area contributed by atoms with E-state index in [9.17, 15) is 27.2 Å². The molecule has 0 atom stereocenters. The first-order valence-electron chi connectivity index (χ1n) is 4.71. The highest BCUT2D eigenvalue weighted by molar-refractivity contribution is 5.29. The Morgan fingerprint density at radius 3 is 2.39 bits per heavy atom. The lowest BCUT2D eigenvalue weighted by Crippen LogP contribution is -2.42. The van der Waals surface area contributed by atoms with Crippen molar-refractivity contribution in [1.29, 1.82) is 0 Å². The van der Waals surface area contributed by atoms with Crippen molar-refractivity contribution in [2.45, 2.75) is 12.3 Å². The van der Waals surface area contributed by atoms with E-state index in [-0.39, 0.29) is 0 Å². The van der Waals surface area contributed by atoms with E-state index in [0.717, 1.165) is 11.7 Å². The molecule has 18 heavy (non-hydrogen) atoms. The Balaban J connectivity index is 3.01. The van der Waals surface area contributed by atoms with Gasteiger partial charge in [-0.15, -0.1) is 5.10 Å². The zero-order valence-electron chi connectivity index (χ0n) is 9.45. The van der Waals surface area contributed by atoms with Gasteiger partial charge in [0.05, 0.1) is 6.54 Å². The zero-order valence-corrected chi connectivity index (χ0v) is 9.45. The quantitative estimate of drug-likeness (QED) is 0.769. The number of aryl methyl sites for hydroxylation is 1. The van der Waals surface area contributed by atoms with Crippen molar-refractivity contribution in [2.24, 2.45) is 14.1 Å². The fourth-order valence-electron chi connectivity index (χ4n) is 1.09. The van der Waals surface area contributed by atoms with Crippen LogP contribution < -0.4 is 16.6 Å². The van der Waals surface area contributed by atoms with Crippen LogP contribution >= 0.6 is 0 Å². The molecule has 1 rings (SSSR count). The minimum atomic E-state index is -4.29. The number of aromatic nitrogens is 3. The number of anilines is 1. The van der Waals surface area contributed by atoms with Crippen molar-refractivity contribution in [3.05, 3.63) is 20.8 Å². The molecule has 1 aromatic rings. The molecule has 10 heteroatoms. The second-order valence-electron chi connectivity index (χ2n) is 3.53. The van der Waals surface area contributed by atoms with Gasteiger partial charge in [-0.1, -0.05) is 0 Å². The van der Waals surface area contributed by atoms with E-state index >= 15 is 0 Å². The van der Waals surface area contributed by atoms with Gasteiger partial charge in [-0.25, -0.2) is 18.3 Å². The molecule has 1 aromatic heterocycles. The molecule has 1 heterocycles. The highest BCUT2D eigenvalue weighted by atomic mass is 19.3. The second kappa shape index (κ2) is 4.78. The maximum Gasteiger partial charge on any atom is 0.346 e. The summed E-state index contributed by atoms with van der Waals surface area (Å²) in [7, 11) is 2.31. The van der Waals surface area contributed by atoms with Crippen LogP contribution in [0.1, 0.15) is 0 Å². The Morgan fingerprint density at radius 1 is 1.33 bits per heavy atom.